The maximum atomic E-state index is 12.1. The highest BCUT2D eigenvalue weighted by atomic mass is 32.1. The van der Waals surface area contributed by atoms with E-state index in [9.17, 15) is 9.59 Å². The molecule has 7 heteroatoms. The maximum Gasteiger partial charge on any atom is 0.252 e. The molecule has 1 aliphatic rings. The van der Waals surface area contributed by atoms with Gasteiger partial charge >= 0.3 is 0 Å². The van der Waals surface area contributed by atoms with E-state index in [1.54, 1.807) is 11.3 Å². The van der Waals surface area contributed by atoms with Gasteiger partial charge in [0.25, 0.3) is 5.91 Å². The van der Waals surface area contributed by atoms with Crippen molar-refractivity contribution in [1.82, 2.24) is 20.0 Å². The van der Waals surface area contributed by atoms with E-state index >= 15 is 0 Å². The van der Waals surface area contributed by atoms with Crippen LogP contribution in [0, 0.1) is 12.8 Å². The van der Waals surface area contributed by atoms with Crippen LogP contribution in [-0.2, 0) is 24.4 Å². The Morgan fingerprint density at radius 2 is 2.12 bits per heavy atom. The lowest BCUT2D eigenvalue weighted by Gasteiger charge is -2.29. The molecule has 3 heterocycles. The molecular formula is C17H22N4O2S. The number of hydrogen-bond acceptors (Lipinski definition) is 4. The van der Waals surface area contributed by atoms with Crippen LogP contribution in [0.25, 0.3) is 0 Å². The van der Waals surface area contributed by atoms with Crippen LogP contribution in [0.1, 0.15) is 40.5 Å². The summed E-state index contributed by atoms with van der Waals surface area (Å²) in [5.41, 5.74) is 2.53. The minimum atomic E-state index is -0.0815. The van der Waals surface area contributed by atoms with Crippen LogP contribution in [0.4, 0.5) is 0 Å². The van der Waals surface area contributed by atoms with Gasteiger partial charge in [0.05, 0.1) is 36.6 Å². The fourth-order valence-corrected chi connectivity index (χ4v) is 3.48. The van der Waals surface area contributed by atoms with Crippen molar-refractivity contribution in [1.29, 1.82) is 0 Å². The van der Waals surface area contributed by atoms with E-state index in [4.69, 9.17) is 0 Å². The average molecular weight is 346 g/mol. The molecule has 0 radical (unpaired) electrons. The minimum absolute atomic E-state index is 0.00676. The van der Waals surface area contributed by atoms with Crippen molar-refractivity contribution in [3.8, 4) is 0 Å². The van der Waals surface area contributed by atoms with Crippen molar-refractivity contribution < 1.29 is 9.59 Å². The van der Waals surface area contributed by atoms with Crippen molar-refractivity contribution in [2.24, 2.45) is 5.92 Å². The van der Waals surface area contributed by atoms with Gasteiger partial charge in [0, 0.05) is 22.7 Å². The van der Waals surface area contributed by atoms with Crippen molar-refractivity contribution >= 4 is 23.2 Å². The fraction of sp³-hybridized carbons (Fsp3) is 0.471. The summed E-state index contributed by atoms with van der Waals surface area (Å²) in [6.07, 6.45) is 0. The van der Waals surface area contributed by atoms with E-state index in [1.807, 2.05) is 47.9 Å². The van der Waals surface area contributed by atoms with Crippen LogP contribution in [0.15, 0.2) is 17.5 Å². The van der Waals surface area contributed by atoms with E-state index in [0.717, 1.165) is 16.3 Å². The Kier molecular flexibility index (Phi) is 4.71. The molecule has 2 amide bonds. The predicted octanol–water partition coefficient (Wildman–Crippen LogP) is 2.18. The number of nitrogens with one attached hydrogen (secondary N) is 1. The largest absolute Gasteiger partial charge is 0.346 e. The molecule has 0 atom stereocenters. The van der Waals surface area contributed by atoms with Gasteiger partial charge < -0.3 is 10.2 Å². The topological polar surface area (TPSA) is 67.2 Å². The second-order valence-electron chi connectivity index (χ2n) is 6.39. The predicted molar refractivity (Wildman–Crippen MR) is 92.7 cm³/mol. The first kappa shape index (κ1) is 16.7. The van der Waals surface area contributed by atoms with Crippen LogP contribution in [0.5, 0.6) is 0 Å². The summed E-state index contributed by atoms with van der Waals surface area (Å²) < 4.78 is 1.93. The molecule has 2 aromatic heterocycles. The number of aromatic nitrogens is 2. The number of nitrogens with zero attached hydrogens (tertiary/aromatic N) is 3. The second-order valence-corrected chi connectivity index (χ2v) is 7.51. The summed E-state index contributed by atoms with van der Waals surface area (Å²) in [7, 11) is 0. The Morgan fingerprint density at radius 1 is 1.33 bits per heavy atom. The second kappa shape index (κ2) is 6.76. The molecule has 1 N–H and O–H groups in total. The molecule has 6 nitrogen and oxygen atoms in total. The van der Waals surface area contributed by atoms with Gasteiger partial charge in [0.1, 0.15) is 0 Å². The molecule has 1 aliphatic heterocycles. The van der Waals surface area contributed by atoms with Crippen molar-refractivity contribution in [2.75, 3.05) is 6.54 Å². The molecule has 0 unspecified atom stereocenters. The number of thiophene rings is 1. The quantitative estimate of drug-likeness (QED) is 0.923. The van der Waals surface area contributed by atoms with Gasteiger partial charge in [-0.2, -0.15) is 5.10 Å². The molecule has 0 bridgehead atoms. The highest BCUT2D eigenvalue weighted by Gasteiger charge is 2.23. The van der Waals surface area contributed by atoms with Gasteiger partial charge in [-0.25, -0.2) is 0 Å². The Hall–Kier alpha value is -2.15. The minimum Gasteiger partial charge on any atom is -0.346 e. The Bertz CT molecular complexity index is 762. The van der Waals surface area contributed by atoms with Crippen molar-refractivity contribution in [3.63, 3.8) is 0 Å². The monoisotopic (exact) mass is 346 g/mol. The zero-order valence-electron chi connectivity index (χ0n) is 14.2. The maximum absolute atomic E-state index is 12.1. The molecule has 128 valence electrons. The molecule has 0 spiro atoms. The molecular weight excluding hydrogens is 324 g/mol. The van der Waals surface area contributed by atoms with Crippen LogP contribution in [0.3, 0.4) is 0 Å². The van der Waals surface area contributed by atoms with E-state index in [2.05, 4.69) is 10.4 Å². The first-order chi connectivity index (χ1) is 11.4. The number of rotatable bonds is 4. The lowest BCUT2D eigenvalue weighted by molar-refractivity contribution is -0.136. The zero-order chi connectivity index (χ0) is 17.3. The molecule has 24 heavy (non-hydrogen) atoms. The third kappa shape index (κ3) is 3.51. The molecule has 0 saturated heterocycles. The Labute approximate surface area is 145 Å². The van der Waals surface area contributed by atoms with Crippen LogP contribution < -0.4 is 5.32 Å². The molecule has 0 aliphatic carbocycles. The molecule has 0 aromatic carbocycles. The number of carbonyl (C=O) groups excluding carboxylic acids is 2. The fourth-order valence-electron chi connectivity index (χ4n) is 2.80. The van der Waals surface area contributed by atoms with Crippen molar-refractivity contribution in [2.45, 2.75) is 40.4 Å². The summed E-state index contributed by atoms with van der Waals surface area (Å²) >= 11 is 1.56. The first-order valence-corrected chi connectivity index (χ1v) is 8.99. The van der Waals surface area contributed by atoms with Gasteiger partial charge in [-0.15, -0.1) is 11.3 Å². The Morgan fingerprint density at radius 3 is 2.79 bits per heavy atom. The van der Waals surface area contributed by atoms with Gasteiger partial charge in [0.15, 0.2) is 0 Å². The van der Waals surface area contributed by atoms with E-state index in [-0.39, 0.29) is 17.7 Å². The smallest absolute Gasteiger partial charge is 0.252 e. The van der Waals surface area contributed by atoms with E-state index < -0.39 is 0 Å². The first-order valence-electron chi connectivity index (χ1n) is 8.11. The lowest BCUT2D eigenvalue weighted by atomic mass is 10.1. The van der Waals surface area contributed by atoms with Gasteiger partial charge in [-0.3, -0.25) is 14.3 Å². The van der Waals surface area contributed by atoms with Gasteiger partial charge in [-0.1, -0.05) is 13.8 Å². The number of fused-ring (bicyclic) bond motifs is 1. The molecule has 2 aromatic rings. The zero-order valence-corrected chi connectivity index (χ0v) is 15.0. The van der Waals surface area contributed by atoms with Gasteiger partial charge in [-0.05, 0) is 19.1 Å². The standard InChI is InChI=1S/C17H22N4O2S/c1-11(2)17(23)20-4-5-21-15(9-20)7-14(19-21)8-18-16(22)13-6-12(3)24-10-13/h6-7,10-11H,4-5,8-9H2,1-3H3,(H,18,22). The van der Waals surface area contributed by atoms with Gasteiger partial charge in [0.2, 0.25) is 5.91 Å². The summed E-state index contributed by atoms with van der Waals surface area (Å²) in [6, 6.07) is 3.85. The Balaban J connectivity index is 1.61. The van der Waals surface area contributed by atoms with E-state index in [1.165, 1.54) is 0 Å². The average Bonchev–Trinajstić information content (AvgIpc) is 3.16. The normalized spacial score (nSPS) is 13.9. The number of hydrogen-bond donors (Lipinski definition) is 1. The molecule has 0 fully saturated rings. The third-order valence-corrected chi connectivity index (χ3v) is 4.94. The highest BCUT2D eigenvalue weighted by Crippen LogP contribution is 2.16. The summed E-state index contributed by atoms with van der Waals surface area (Å²) in [6.45, 7) is 8.18. The number of aryl methyl sites for hydroxylation is 1. The SMILES string of the molecule is Cc1cc(C(=O)NCc2cc3n(n2)CCN(C(=O)C(C)C)C3)cs1. The highest BCUT2D eigenvalue weighted by molar-refractivity contribution is 7.10. The third-order valence-electron chi connectivity index (χ3n) is 4.08. The summed E-state index contributed by atoms with van der Waals surface area (Å²) in [5.74, 6) is 0.0966. The van der Waals surface area contributed by atoms with Crippen molar-refractivity contribution in [3.05, 3.63) is 39.3 Å². The number of carbonyl (C=O) groups is 2. The summed E-state index contributed by atoms with van der Waals surface area (Å²) in [5, 5.41) is 9.29. The van der Waals surface area contributed by atoms with Crippen LogP contribution >= 0.6 is 11.3 Å². The summed E-state index contributed by atoms with van der Waals surface area (Å²) in [4.78, 5) is 27.2. The molecule has 0 saturated carbocycles. The molecule has 3 rings (SSSR count). The lowest BCUT2D eigenvalue weighted by Crippen LogP contribution is -2.40. The van der Waals surface area contributed by atoms with Crippen LogP contribution in [-0.4, -0.2) is 33.0 Å². The number of amides is 2. The van der Waals surface area contributed by atoms with Crippen LogP contribution in [0.2, 0.25) is 0 Å². The van der Waals surface area contributed by atoms with E-state index in [0.29, 0.717) is 31.7 Å².